The number of benzene rings is 2. The van der Waals surface area contributed by atoms with E-state index in [-0.39, 0.29) is 5.91 Å². The van der Waals surface area contributed by atoms with E-state index in [4.69, 9.17) is 4.74 Å². The van der Waals surface area contributed by atoms with E-state index in [1.165, 1.54) is 5.56 Å². The first-order chi connectivity index (χ1) is 11.6. The van der Waals surface area contributed by atoms with Crippen molar-refractivity contribution in [1.29, 1.82) is 0 Å². The molecule has 1 N–H and O–H groups in total. The molecule has 3 nitrogen and oxygen atoms in total. The van der Waals surface area contributed by atoms with E-state index in [0.717, 1.165) is 24.2 Å². The molecule has 0 aromatic heterocycles. The number of carbonyl (C=O) groups excluding carboxylic acids is 1. The van der Waals surface area contributed by atoms with Crippen LogP contribution in [0.3, 0.4) is 0 Å². The number of carbonyl (C=O) groups is 1. The lowest BCUT2D eigenvalue weighted by Gasteiger charge is -2.18. The second-order valence-corrected chi connectivity index (χ2v) is 6.33. The number of para-hydroxylation sites is 1. The fraction of sp³-hybridized carbons (Fsp3) is 0.381. The van der Waals surface area contributed by atoms with Gasteiger partial charge in [0.2, 0.25) is 0 Å². The van der Waals surface area contributed by atoms with E-state index < -0.39 is 6.10 Å². The van der Waals surface area contributed by atoms with Crippen LogP contribution in [-0.4, -0.2) is 18.6 Å². The molecule has 24 heavy (non-hydrogen) atoms. The average Bonchev–Trinajstić information content (AvgIpc) is 2.59. The number of amides is 1. The Hall–Kier alpha value is -2.29. The van der Waals surface area contributed by atoms with Gasteiger partial charge in [0.05, 0.1) is 0 Å². The maximum Gasteiger partial charge on any atom is 0.260 e. The molecule has 0 spiro atoms. The number of ether oxygens (including phenoxy) is 1. The van der Waals surface area contributed by atoms with Crippen molar-refractivity contribution in [3.8, 4) is 5.75 Å². The molecule has 0 heterocycles. The average molecular weight is 325 g/mol. The van der Waals surface area contributed by atoms with Crippen molar-refractivity contribution >= 4 is 5.91 Å². The lowest BCUT2D eigenvalue weighted by atomic mass is 10.0. The van der Waals surface area contributed by atoms with Gasteiger partial charge in [-0.2, -0.15) is 0 Å². The Morgan fingerprint density at radius 1 is 1.00 bits per heavy atom. The lowest BCUT2D eigenvalue weighted by molar-refractivity contribution is -0.127. The Morgan fingerprint density at radius 2 is 1.67 bits per heavy atom. The quantitative estimate of drug-likeness (QED) is 0.734. The van der Waals surface area contributed by atoms with Gasteiger partial charge in [-0.3, -0.25) is 4.79 Å². The largest absolute Gasteiger partial charge is 0.481 e. The number of nitrogens with one attached hydrogen (secondary N) is 1. The van der Waals surface area contributed by atoms with E-state index in [1.54, 1.807) is 6.92 Å². The Kier molecular flexibility index (Phi) is 6.86. The van der Waals surface area contributed by atoms with Crippen LogP contribution in [0, 0.1) is 0 Å². The first-order valence-corrected chi connectivity index (χ1v) is 8.65. The van der Waals surface area contributed by atoms with Crippen molar-refractivity contribution < 1.29 is 9.53 Å². The van der Waals surface area contributed by atoms with Gasteiger partial charge in [-0.1, -0.05) is 62.4 Å². The Morgan fingerprint density at radius 3 is 2.38 bits per heavy atom. The number of rotatable bonds is 8. The Balaban J connectivity index is 1.78. The van der Waals surface area contributed by atoms with Gasteiger partial charge in [0, 0.05) is 6.54 Å². The number of hydrogen-bond donors (Lipinski definition) is 1. The molecule has 0 aliphatic carbocycles. The summed E-state index contributed by atoms with van der Waals surface area (Å²) in [6, 6.07) is 18.2. The van der Waals surface area contributed by atoms with E-state index >= 15 is 0 Å². The van der Waals surface area contributed by atoms with Crippen LogP contribution in [0.4, 0.5) is 0 Å². The van der Waals surface area contributed by atoms with Gasteiger partial charge in [-0.05, 0) is 42.9 Å². The standard InChI is InChI=1S/C21H27NO2/c1-16(2)19-13-7-8-14-20(19)24-17(3)21(23)22-15-9-12-18-10-5-4-6-11-18/h4-8,10-11,13-14,16-17H,9,12,15H2,1-3H3,(H,22,23). The highest BCUT2D eigenvalue weighted by molar-refractivity contribution is 5.80. The summed E-state index contributed by atoms with van der Waals surface area (Å²) in [6.45, 7) is 6.70. The minimum absolute atomic E-state index is 0.0679. The van der Waals surface area contributed by atoms with Gasteiger partial charge in [0.1, 0.15) is 5.75 Å². The molecule has 2 aromatic carbocycles. The molecule has 2 rings (SSSR count). The maximum atomic E-state index is 12.2. The number of aryl methyl sites for hydroxylation is 1. The summed E-state index contributed by atoms with van der Waals surface area (Å²) in [4.78, 5) is 12.2. The van der Waals surface area contributed by atoms with Crippen LogP contribution in [-0.2, 0) is 11.2 Å². The van der Waals surface area contributed by atoms with Crippen molar-refractivity contribution in [2.75, 3.05) is 6.54 Å². The summed E-state index contributed by atoms with van der Waals surface area (Å²) in [7, 11) is 0. The normalized spacial score (nSPS) is 12.0. The molecule has 0 radical (unpaired) electrons. The molecular formula is C21H27NO2. The molecule has 0 aliphatic rings. The minimum Gasteiger partial charge on any atom is -0.481 e. The third-order valence-corrected chi connectivity index (χ3v) is 4.00. The van der Waals surface area contributed by atoms with Crippen molar-refractivity contribution in [2.24, 2.45) is 0 Å². The van der Waals surface area contributed by atoms with E-state index in [0.29, 0.717) is 12.5 Å². The second-order valence-electron chi connectivity index (χ2n) is 6.33. The Bertz CT molecular complexity index is 637. The molecule has 2 aromatic rings. The van der Waals surface area contributed by atoms with Gasteiger partial charge < -0.3 is 10.1 Å². The van der Waals surface area contributed by atoms with Crippen molar-refractivity contribution in [3.05, 3.63) is 65.7 Å². The van der Waals surface area contributed by atoms with Crippen LogP contribution < -0.4 is 10.1 Å². The maximum absolute atomic E-state index is 12.2. The highest BCUT2D eigenvalue weighted by Gasteiger charge is 2.16. The predicted octanol–water partition coefficient (Wildman–Crippen LogP) is 4.33. The van der Waals surface area contributed by atoms with Gasteiger partial charge >= 0.3 is 0 Å². The molecule has 3 heteroatoms. The van der Waals surface area contributed by atoms with Gasteiger partial charge in [0.25, 0.3) is 5.91 Å². The van der Waals surface area contributed by atoms with Crippen molar-refractivity contribution in [2.45, 2.75) is 45.6 Å². The summed E-state index contributed by atoms with van der Waals surface area (Å²) in [5.41, 5.74) is 2.42. The minimum atomic E-state index is -0.498. The summed E-state index contributed by atoms with van der Waals surface area (Å²) in [5.74, 6) is 1.09. The molecule has 0 aliphatic heterocycles. The van der Waals surface area contributed by atoms with Crippen LogP contribution in [0.15, 0.2) is 54.6 Å². The Labute approximate surface area is 145 Å². The first kappa shape index (κ1) is 18.1. The fourth-order valence-corrected chi connectivity index (χ4v) is 2.60. The summed E-state index contributed by atoms with van der Waals surface area (Å²) >= 11 is 0. The van der Waals surface area contributed by atoms with E-state index in [1.807, 2.05) is 42.5 Å². The first-order valence-electron chi connectivity index (χ1n) is 8.65. The van der Waals surface area contributed by atoms with Crippen LogP contribution >= 0.6 is 0 Å². The molecule has 0 bridgehead atoms. The van der Waals surface area contributed by atoms with Gasteiger partial charge in [0.15, 0.2) is 6.10 Å². The fourth-order valence-electron chi connectivity index (χ4n) is 2.60. The zero-order valence-electron chi connectivity index (χ0n) is 14.8. The zero-order valence-corrected chi connectivity index (χ0v) is 14.8. The van der Waals surface area contributed by atoms with Crippen LogP contribution in [0.25, 0.3) is 0 Å². The molecule has 1 unspecified atom stereocenters. The third-order valence-electron chi connectivity index (χ3n) is 4.00. The van der Waals surface area contributed by atoms with E-state index in [9.17, 15) is 4.79 Å². The molecular weight excluding hydrogens is 298 g/mol. The summed E-state index contributed by atoms with van der Waals surface area (Å²) in [6.07, 6.45) is 1.39. The summed E-state index contributed by atoms with van der Waals surface area (Å²) in [5, 5.41) is 2.96. The molecule has 1 atom stereocenters. The third kappa shape index (κ3) is 5.41. The van der Waals surface area contributed by atoms with Crippen LogP contribution in [0.1, 0.15) is 44.2 Å². The number of hydrogen-bond acceptors (Lipinski definition) is 2. The van der Waals surface area contributed by atoms with Gasteiger partial charge in [-0.25, -0.2) is 0 Å². The van der Waals surface area contributed by atoms with Crippen molar-refractivity contribution in [1.82, 2.24) is 5.32 Å². The van der Waals surface area contributed by atoms with E-state index in [2.05, 4.69) is 31.3 Å². The lowest BCUT2D eigenvalue weighted by Crippen LogP contribution is -2.37. The monoisotopic (exact) mass is 325 g/mol. The SMILES string of the molecule is CC(Oc1ccccc1C(C)C)C(=O)NCCCc1ccccc1. The topological polar surface area (TPSA) is 38.3 Å². The highest BCUT2D eigenvalue weighted by Crippen LogP contribution is 2.26. The molecule has 128 valence electrons. The molecule has 0 saturated carbocycles. The van der Waals surface area contributed by atoms with Crippen LogP contribution in [0.2, 0.25) is 0 Å². The predicted molar refractivity (Wildman–Crippen MR) is 98.4 cm³/mol. The van der Waals surface area contributed by atoms with Crippen molar-refractivity contribution in [3.63, 3.8) is 0 Å². The molecule has 0 fully saturated rings. The highest BCUT2D eigenvalue weighted by atomic mass is 16.5. The molecule has 1 amide bonds. The van der Waals surface area contributed by atoms with Gasteiger partial charge in [-0.15, -0.1) is 0 Å². The zero-order chi connectivity index (χ0) is 17.4. The molecule has 0 saturated heterocycles. The summed E-state index contributed by atoms with van der Waals surface area (Å²) < 4.78 is 5.87. The second kappa shape index (κ2) is 9.11. The van der Waals surface area contributed by atoms with Crippen LogP contribution in [0.5, 0.6) is 5.75 Å². The smallest absolute Gasteiger partial charge is 0.260 e.